The second-order valence-electron chi connectivity index (χ2n) is 3.39. The molecule has 0 amide bonds. The Morgan fingerprint density at radius 1 is 1.50 bits per heavy atom. The van der Waals surface area contributed by atoms with Crippen molar-refractivity contribution in [2.24, 2.45) is 10.8 Å². The summed E-state index contributed by atoms with van der Waals surface area (Å²) in [5, 5.41) is 19.7. The zero-order valence-corrected chi connectivity index (χ0v) is 12.8. The Bertz CT molecular complexity index is 522. The van der Waals surface area contributed by atoms with Gasteiger partial charge in [-0.1, -0.05) is 6.92 Å². The average molecular weight is 373 g/mol. The molecule has 1 rings (SSSR count). The molecule has 94 valence electrons. The maximum absolute atomic E-state index is 8.73. The Labute approximate surface area is 122 Å². The van der Waals surface area contributed by atoms with Crippen molar-refractivity contribution < 1.29 is 0 Å². The molecule has 0 heterocycles. The highest BCUT2D eigenvalue weighted by Crippen LogP contribution is 2.32. The molecule has 0 saturated heterocycles. The van der Waals surface area contributed by atoms with Crippen LogP contribution in [0.1, 0.15) is 12.5 Å². The largest absolute Gasteiger partial charge is 0.382 e. The lowest BCUT2D eigenvalue weighted by atomic mass is 10.1. The van der Waals surface area contributed by atoms with Gasteiger partial charge in [-0.3, -0.25) is 10.8 Å². The van der Waals surface area contributed by atoms with E-state index in [0.29, 0.717) is 5.69 Å². The van der Waals surface area contributed by atoms with E-state index < -0.39 is 0 Å². The Hall–Kier alpha value is -1.39. The molecule has 18 heavy (non-hydrogen) atoms. The maximum atomic E-state index is 8.73. The molecule has 7 heteroatoms. The van der Waals surface area contributed by atoms with Gasteiger partial charge < -0.3 is 5.73 Å². The quantitative estimate of drug-likeness (QED) is 0.430. The maximum Gasteiger partial charge on any atom is 0.201 e. The van der Waals surface area contributed by atoms with Gasteiger partial charge in [0, 0.05) is 8.95 Å². The number of aryl methyl sites for hydroxylation is 1. The Morgan fingerprint density at radius 3 is 2.44 bits per heavy atom. The summed E-state index contributed by atoms with van der Waals surface area (Å²) in [5.74, 6) is -0.373. The summed E-state index contributed by atoms with van der Waals surface area (Å²) in [5.41, 5.74) is 9.60. The molecule has 1 aromatic rings. The summed E-state index contributed by atoms with van der Waals surface area (Å²) in [6.45, 7) is 2.06. The normalized spacial score (nSPS) is 10.9. The van der Waals surface area contributed by atoms with Gasteiger partial charge in [0.15, 0.2) is 5.84 Å². The minimum Gasteiger partial charge on any atom is -0.382 e. The van der Waals surface area contributed by atoms with E-state index in [-0.39, 0.29) is 11.5 Å². The molecule has 0 radical (unpaired) electrons. The van der Waals surface area contributed by atoms with Crippen LogP contribution in [0.5, 0.6) is 0 Å². The van der Waals surface area contributed by atoms with Crippen LogP contribution in [0.2, 0.25) is 0 Å². The van der Waals surface area contributed by atoms with Gasteiger partial charge in [0.25, 0.3) is 0 Å². The van der Waals surface area contributed by atoms with Crippen molar-refractivity contribution in [2.75, 3.05) is 5.43 Å². The molecule has 0 spiro atoms. The van der Waals surface area contributed by atoms with Crippen LogP contribution in [-0.2, 0) is 6.42 Å². The number of halogens is 2. The van der Waals surface area contributed by atoms with E-state index in [9.17, 15) is 0 Å². The fraction of sp³-hybridized carbons (Fsp3) is 0.182. The van der Waals surface area contributed by atoms with Crippen LogP contribution in [0.3, 0.4) is 0 Å². The van der Waals surface area contributed by atoms with E-state index >= 15 is 0 Å². The predicted octanol–water partition coefficient (Wildman–Crippen LogP) is 3.00. The van der Waals surface area contributed by atoms with Crippen LogP contribution in [0.4, 0.5) is 5.69 Å². The molecule has 0 atom stereocenters. The van der Waals surface area contributed by atoms with Crippen molar-refractivity contribution >= 4 is 49.1 Å². The SMILES string of the molecule is CCc1cc(Br)c(N/N=C(\C#N)C(=N)N)c(Br)c1. The summed E-state index contributed by atoms with van der Waals surface area (Å²) in [7, 11) is 0. The van der Waals surface area contributed by atoms with Gasteiger partial charge in [0.1, 0.15) is 6.07 Å². The second-order valence-corrected chi connectivity index (χ2v) is 5.09. The molecule has 0 aliphatic rings. The highest BCUT2D eigenvalue weighted by molar-refractivity contribution is 9.11. The molecule has 0 fully saturated rings. The minimum absolute atomic E-state index is 0.159. The molecule has 0 aliphatic heterocycles. The first-order chi connectivity index (χ1) is 8.49. The van der Waals surface area contributed by atoms with Crippen LogP contribution in [0.25, 0.3) is 0 Å². The fourth-order valence-corrected chi connectivity index (χ4v) is 2.65. The third-order valence-corrected chi connectivity index (χ3v) is 3.40. The van der Waals surface area contributed by atoms with Gasteiger partial charge in [-0.15, -0.1) is 0 Å². The van der Waals surface area contributed by atoms with Crippen molar-refractivity contribution in [3.05, 3.63) is 26.6 Å². The second kappa shape index (κ2) is 6.52. The highest BCUT2D eigenvalue weighted by Gasteiger charge is 2.08. The van der Waals surface area contributed by atoms with Crippen LogP contribution < -0.4 is 11.2 Å². The Kier molecular flexibility index (Phi) is 5.31. The number of hydrazone groups is 1. The summed E-state index contributed by atoms with van der Waals surface area (Å²) in [6, 6.07) is 5.66. The lowest BCUT2D eigenvalue weighted by molar-refractivity contribution is 1.13. The Balaban J connectivity index is 3.06. The monoisotopic (exact) mass is 371 g/mol. The van der Waals surface area contributed by atoms with Crippen molar-refractivity contribution in [1.29, 1.82) is 10.7 Å². The smallest absolute Gasteiger partial charge is 0.201 e. The lowest BCUT2D eigenvalue weighted by Crippen LogP contribution is -2.21. The molecule has 5 nitrogen and oxygen atoms in total. The number of hydrogen-bond acceptors (Lipinski definition) is 4. The van der Waals surface area contributed by atoms with Gasteiger partial charge in [-0.25, -0.2) is 0 Å². The van der Waals surface area contributed by atoms with Crippen LogP contribution in [0.15, 0.2) is 26.2 Å². The minimum atomic E-state index is -0.373. The number of nitrogens with one attached hydrogen (secondary N) is 2. The van der Waals surface area contributed by atoms with E-state index in [1.165, 1.54) is 0 Å². The van der Waals surface area contributed by atoms with Gasteiger partial charge in [-0.05, 0) is 56.0 Å². The van der Waals surface area contributed by atoms with Gasteiger partial charge in [0.05, 0.1) is 5.69 Å². The topological polar surface area (TPSA) is 98.0 Å². The van der Waals surface area contributed by atoms with E-state index in [2.05, 4.69) is 49.3 Å². The summed E-state index contributed by atoms with van der Waals surface area (Å²) in [4.78, 5) is 0. The van der Waals surface area contributed by atoms with Crippen molar-refractivity contribution in [3.63, 3.8) is 0 Å². The lowest BCUT2D eigenvalue weighted by Gasteiger charge is -2.09. The van der Waals surface area contributed by atoms with Crippen molar-refractivity contribution in [1.82, 2.24) is 0 Å². The number of nitrogens with two attached hydrogens (primary N) is 1. The van der Waals surface area contributed by atoms with Gasteiger partial charge in [-0.2, -0.15) is 10.4 Å². The van der Waals surface area contributed by atoms with Gasteiger partial charge >= 0.3 is 0 Å². The summed E-state index contributed by atoms with van der Waals surface area (Å²) < 4.78 is 1.64. The first kappa shape index (κ1) is 14.7. The predicted molar refractivity (Wildman–Crippen MR) is 79.8 cm³/mol. The fourth-order valence-electron chi connectivity index (χ4n) is 1.19. The number of rotatable bonds is 4. The summed E-state index contributed by atoms with van der Waals surface area (Å²) >= 11 is 6.84. The molecule has 0 unspecified atom stereocenters. The van der Waals surface area contributed by atoms with Gasteiger partial charge in [0.2, 0.25) is 5.71 Å². The molecule has 0 aliphatic carbocycles. The van der Waals surface area contributed by atoms with Crippen LogP contribution in [0, 0.1) is 16.7 Å². The highest BCUT2D eigenvalue weighted by atomic mass is 79.9. The number of nitrogens with zero attached hydrogens (tertiary/aromatic N) is 2. The Morgan fingerprint density at radius 2 is 2.06 bits per heavy atom. The van der Waals surface area contributed by atoms with Crippen molar-refractivity contribution in [2.45, 2.75) is 13.3 Å². The third kappa shape index (κ3) is 3.55. The average Bonchev–Trinajstić information content (AvgIpc) is 2.32. The zero-order valence-electron chi connectivity index (χ0n) is 9.59. The summed E-state index contributed by atoms with van der Waals surface area (Å²) in [6.07, 6.45) is 0.914. The number of hydrogen-bond donors (Lipinski definition) is 3. The van der Waals surface area contributed by atoms with E-state index in [4.69, 9.17) is 16.4 Å². The molecule has 0 aromatic heterocycles. The van der Waals surface area contributed by atoms with Crippen LogP contribution in [-0.4, -0.2) is 11.5 Å². The first-order valence-electron chi connectivity index (χ1n) is 5.05. The standard InChI is InChI=1S/C11H11Br2N5/c1-2-6-3-7(12)10(8(13)4-6)18-17-9(5-14)11(15)16/h3-4,18H,2H2,1H3,(H3,15,16)/b17-9+. The molecular weight excluding hydrogens is 362 g/mol. The van der Waals surface area contributed by atoms with E-state index in [1.807, 2.05) is 12.1 Å². The van der Waals surface area contributed by atoms with Crippen molar-refractivity contribution in [3.8, 4) is 6.07 Å². The molecule has 0 bridgehead atoms. The van der Waals surface area contributed by atoms with E-state index in [0.717, 1.165) is 20.9 Å². The third-order valence-electron chi connectivity index (χ3n) is 2.15. The molecule has 4 N–H and O–H groups in total. The molecule has 0 saturated carbocycles. The number of amidine groups is 1. The number of nitriles is 1. The zero-order chi connectivity index (χ0) is 13.7. The van der Waals surface area contributed by atoms with E-state index in [1.54, 1.807) is 6.07 Å². The molecular formula is C11H11Br2N5. The number of anilines is 1. The molecule has 1 aromatic carbocycles. The number of benzene rings is 1. The van der Waals surface area contributed by atoms with Crippen LogP contribution >= 0.6 is 31.9 Å². The first-order valence-corrected chi connectivity index (χ1v) is 6.64.